The normalized spacial score (nSPS) is 19.9. The molecule has 4 aliphatic carbocycles. The number of thiophene rings is 2. The first-order valence-electron chi connectivity index (χ1n) is 22.8. The van der Waals surface area contributed by atoms with Crippen LogP contribution in [0.1, 0.15) is 42.4 Å². The minimum absolute atomic E-state index is 0.156. The van der Waals surface area contributed by atoms with Crippen molar-refractivity contribution in [1.29, 1.82) is 0 Å². The summed E-state index contributed by atoms with van der Waals surface area (Å²) < 4.78 is 5.40. The van der Waals surface area contributed by atoms with Crippen molar-refractivity contribution in [2.45, 2.75) is 37.1 Å². The lowest BCUT2D eigenvalue weighted by atomic mass is 9.65. The van der Waals surface area contributed by atoms with Crippen molar-refractivity contribution in [3.63, 3.8) is 0 Å². The van der Waals surface area contributed by atoms with Crippen LogP contribution >= 0.6 is 22.7 Å². The van der Waals surface area contributed by atoms with Gasteiger partial charge in [-0.15, -0.1) is 22.7 Å². The summed E-state index contributed by atoms with van der Waals surface area (Å²) in [5, 5.41) is 5.33. The Labute approximate surface area is 382 Å². The molecule has 4 aliphatic rings. The first-order valence-corrected chi connectivity index (χ1v) is 24.4. The van der Waals surface area contributed by atoms with E-state index >= 15 is 0 Å². The molecule has 1 nitrogen and oxygen atoms in total. The lowest BCUT2D eigenvalue weighted by Gasteiger charge is -2.36. The van der Waals surface area contributed by atoms with Crippen molar-refractivity contribution in [1.82, 2.24) is 0 Å². The minimum atomic E-state index is -0.348. The summed E-state index contributed by atoms with van der Waals surface area (Å²) in [4.78, 5) is 2.63. The maximum absolute atomic E-state index is 2.63. The van der Waals surface area contributed by atoms with Crippen molar-refractivity contribution >= 4 is 74.4 Å². The summed E-state index contributed by atoms with van der Waals surface area (Å²) in [6.45, 7) is 0. The van der Waals surface area contributed by atoms with Crippen LogP contribution in [0.4, 0.5) is 11.4 Å². The van der Waals surface area contributed by atoms with Crippen LogP contribution < -0.4 is 4.90 Å². The first-order chi connectivity index (χ1) is 31.8. The lowest BCUT2D eigenvalue weighted by Crippen LogP contribution is -2.30. The number of fused-ring (bicyclic) bond motifs is 10. The fourth-order valence-electron chi connectivity index (χ4n) is 11.4. The smallest absolute Gasteiger partial charge is 0.0677 e. The predicted molar refractivity (Wildman–Crippen MR) is 276 cm³/mol. The molecule has 0 bridgehead atoms. The zero-order chi connectivity index (χ0) is 42.2. The van der Waals surface area contributed by atoms with E-state index in [1.54, 1.807) is 0 Å². The van der Waals surface area contributed by atoms with Crippen molar-refractivity contribution in [2.75, 3.05) is 4.90 Å². The van der Waals surface area contributed by atoms with E-state index in [1.165, 1.54) is 102 Å². The van der Waals surface area contributed by atoms with E-state index in [-0.39, 0.29) is 11.5 Å². The largest absolute Gasteiger partial charge is 0.333 e. The summed E-state index contributed by atoms with van der Waals surface area (Å²) in [7, 11) is 0. The summed E-state index contributed by atoms with van der Waals surface area (Å²) >= 11 is 3.88. The summed E-state index contributed by atoms with van der Waals surface area (Å²) in [6, 6.07) is 57.6. The third kappa shape index (κ3) is 5.74. The van der Waals surface area contributed by atoms with Crippen molar-refractivity contribution in [3.8, 4) is 22.3 Å². The highest BCUT2D eigenvalue weighted by Gasteiger charge is 2.48. The highest BCUT2D eigenvalue weighted by Crippen LogP contribution is 2.61. The molecule has 7 aromatic carbocycles. The fourth-order valence-corrected chi connectivity index (χ4v) is 14.1. The molecule has 0 amide bonds. The maximum Gasteiger partial charge on any atom is 0.0677 e. The number of allylic oxidation sites excluding steroid dienone is 10. The third-order valence-corrected chi connectivity index (χ3v) is 16.8. The molecular weight excluding hydrogens is 811 g/mol. The molecule has 13 rings (SSSR count). The SMILES string of the molecule is C1=CCCC(C2(c3ccccc3)c3ccccc3-c3c2ccc2c3sc3c(N(c4ccc(-c5cccc6c5sc5ccccc56)cc4)C4C=CC(C5C=CC=CC5)=CC4)cccc32)=C1. The molecule has 0 N–H and O–H groups in total. The van der Waals surface area contributed by atoms with Gasteiger partial charge in [0, 0.05) is 52.8 Å². The van der Waals surface area contributed by atoms with Gasteiger partial charge in [-0.2, -0.15) is 0 Å². The zero-order valence-electron chi connectivity index (χ0n) is 35.5. The monoisotopic (exact) mass is 855 g/mol. The fraction of sp³-hybridized carbons (Fsp3) is 0.115. The van der Waals surface area contributed by atoms with Crippen LogP contribution in [0.5, 0.6) is 0 Å². The molecule has 0 saturated heterocycles. The van der Waals surface area contributed by atoms with Gasteiger partial charge in [0.15, 0.2) is 0 Å². The Balaban J connectivity index is 0.987. The van der Waals surface area contributed by atoms with E-state index in [4.69, 9.17) is 0 Å². The topological polar surface area (TPSA) is 3.24 Å². The van der Waals surface area contributed by atoms with Crippen LogP contribution in [0.15, 0.2) is 224 Å². The number of nitrogens with zero attached hydrogens (tertiary/aromatic N) is 1. The van der Waals surface area contributed by atoms with Gasteiger partial charge >= 0.3 is 0 Å². The predicted octanol–water partition coefficient (Wildman–Crippen LogP) is 17.2. The second-order valence-electron chi connectivity index (χ2n) is 17.7. The highest BCUT2D eigenvalue weighted by atomic mass is 32.1. The number of rotatable bonds is 7. The van der Waals surface area contributed by atoms with Crippen molar-refractivity contribution in [3.05, 3.63) is 240 Å². The Morgan fingerprint density at radius 3 is 2.16 bits per heavy atom. The van der Waals surface area contributed by atoms with Crippen LogP contribution in [0.2, 0.25) is 0 Å². The molecule has 0 spiro atoms. The molecule has 0 radical (unpaired) electrons. The Kier molecular flexibility index (Phi) is 8.96. The van der Waals surface area contributed by atoms with E-state index in [0.717, 1.165) is 25.7 Å². The molecule has 3 heteroatoms. The van der Waals surface area contributed by atoms with E-state index in [9.17, 15) is 0 Å². The Morgan fingerprint density at radius 2 is 1.33 bits per heavy atom. The van der Waals surface area contributed by atoms with Gasteiger partial charge < -0.3 is 4.90 Å². The van der Waals surface area contributed by atoms with E-state index in [1.807, 2.05) is 22.7 Å². The van der Waals surface area contributed by atoms with Gasteiger partial charge in [0.05, 0.1) is 21.8 Å². The van der Waals surface area contributed by atoms with Crippen LogP contribution in [-0.2, 0) is 5.41 Å². The van der Waals surface area contributed by atoms with E-state index in [2.05, 4.69) is 217 Å². The van der Waals surface area contributed by atoms with Crippen LogP contribution in [0.3, 0.4) is 0 Å². The van der Waals surface area contributed by atoms with E-state index in [0.29, 0.717) is 5.92 Å². The molecule has 64 heavy (non-hydrogen) atoms. The van der Waals surface area contributed by atoms with Crippen molar-refractivity contribution < 1.29 is 0 Å². The van der Waals surface area contributed by atoms with E-state index < -0.39 is 0 Å². The Morgan fingerprint density at radius 1 is 0.547 bits per heavy atom. The average Bonchev–Trinajstić information content (AvgIpc) is 4.04. The minimum Gasteiger partial charge on any atom is -0.333 e. The summed E-state index contributed by atoms with van der Waals surface area (Å²) in [5.74, 6) is 0.436. The van der Waals surface area contributed by atoms with Crippen molar-refractivity contribution in [2.24, 2.45) is 5.92 Å². The van der Waals surface area contributed by atoms with Crippen LogP contribution in [0.25, 0.3) is 62.6 Å². The number of anilines is 2. The average molecular weight is 856 g/mol. The van der Waals surface area contributed by atoms with Gasteiger partial charge in [-0.3, -0.25) is 0 Å². The Bertz CT molecular complexity index is 3510. The molecule has 3 unspecified atom stereocenters. The van der Waals surface area contributed by atoms with Crippen LogP contribution in [-0.4, -0.2) is 6.04 Å². The van der Waals surface area contributed by atoms with Gasteiger partial charge in [0.2, 0.25) is 0 Å². The number of hydrogen-bond donors (Lipinski definition) is 0. The first kappa shape index (κ1) is 37.7. The van der Waals surface area contributed by atoms with Gasteiger partial charge in [0.25, 0.3) is 0 Å². The van der Waals surface area contributed by atoms with Gasteiger partial charge in [-0.25, -0.2) is 0 Å². The number of hydrogen-bond acceptors (Lipinski definition) is 3. The molecular formula is C61H45NS2. The lowest BCUT2D eigenvalue weighted by molar-refractivity contribution is 0.693. The molecule has 2 aromatic heterocycles. The van der Waals surface area contributed by atoms with Crippen LogP contribution in [0, 0.1) is 5.92 Å². The summed E-state index contributed by atoms with van der Waals surface area (Å²) in [5.41, 5.74) is 14.5. The molecule has 0 saturated carbocycles. The standard InChI is InChI=1S/C61H45NS2/c1-4-16-40(17-5-1)41-30-34-45(35-31-41)62(46-36-32-42(33-37-46)47-24-14-25-49-48-22-11-13-29-56(48)63-58(47)49)55-28-15-26-50-51-38-39-54-57(60(51)64-59(50)55)52-23-10-12-27-53(52)61(54,43-18-6-2-7-19-43)44-20-8-3-9-21-44/h1-8,10-16,18-20,22-34,36-40,45H,9,17,21,35H2. The quantitative estimate of drug-likeness (QED) is 0.154. The second-order valence-corrected chi connectivity index (χ2v) is 19.7. The summed E-state index contributed by atoms with van der Waals surface area (Å²) in [6.07, 6.45) is 27.5. The molecule has 2 heterocycles. The van der Waals surface area contributed by atoms with Gasteiger partial charge in [-0.05, 0) is 88.9 Å². The second kappa shape index (κ2) is 15.2. The molecule has 0 aliphatic heterocycles. The molecule has 306 valence electrons. The van der Waals surface area contributed by atoms with Gasteiger partial charge in [0.1, 0.15) is 0 Å². The molecule has 9 aromatic rings. The molecule has 0 fully saturated rings. The molecule has 3 atom stereocenters. The highest BCUT2D eigenvalue weighted by molar-refractivity contribution is 7.27. The Hall–Kier alpha value is -6.78. The van der Waals surface area contributed by atoms with Gasteiger partial charge in [-0.1, -0.05) is 194 Å². The maximum atomic E-state index is 2.63. The third-order valence-electron chi connectivity index (χ3n) is 14.3. The number of benzene rings is 7. The zero-order valence-corrected chi connectivity index (χ0v) is 37.1.